The van der Waals surface area contributed by atoms with Gasteiger partial charge < -0.3 is 15.8 Å². The van der Waals surface area contributed by atoms with E-state index in [-0.39, 0.29) is 6.42 Å². The molecule has 0 saturated carbocycles. The fourth-order valence-corrected chi connectivity index (χ4v) is 3.38. The third-order valence-electron chi connectivity index (χ3n) is 3.96. The van der Waals surface area contributed by atoms with E-state index >= 15 is 0 Å². The molecule has 0 saturated heterocycles. The quantitative estimate of drug-likeness (QED) is 0.583. The van der Waals surface area contributed by atoms with Crippen LogP contribution in [0.15, 0.2) is 53.9 Å². The first-order valence-corrected chi connectivity index (χ1v) is 9.65. The number of carbonyl (C=O) groups is 3. The summed E-state index contributed by atoms with van der Waals surface area (Å²) in [5, 5.41) is 5.21. The minimum Gasteiger partial charge on any atom is -0.455 e. The predicted molar refractivity (Wildman–Crippen MR) is 111 cm³/mol. The number of ether oxygens (including phenoxy) is 1. The lowest BCUT2D eigenvalue weighted by Gasteiger charge is -2.06. The van der Waals surface area contributed by atoms with Crippen molar-refractivity contribution in [3.8, 4) is 10.6 Å². The van der Waals surface area contributed by atoms with Gasteiger partial charge in [0.2, 0.25) is 5.91 Å². The first-order chi connectivity index (χ1) is 13.9. The molecule has 0 unspecified atom stereocenters. The molecule has 0 aliphatic carbocycles. The molecule has 7 nitrogen and oxygen atoms in total. The van der Waals surface area contributed by atoms with Crippen molar-refractivity contribution in [2.24, 2.45) is 5.73 Å². The first kappa shape index (κ1) is 20.2. The maximum absolute atomic E-state index is 12.0. The highest BCUT2D eigenvalue weighted by atomic mass is 32.1. The van der Waals surface area contributed by atoms with Crippen LogP contribution in [0.3, 0.4) is 0 Å². The molecular formula is C21H19N3O4S. The molecular weight excluding hydrogens is 390 g/mol. The van der Waals surface area contributed by atoms with Gasteiger partial charge in [0.05, 0.1) is 12.1 Å². The van der Waals surface area contributed by atoms with Gasteiger partial charge in [0.15, 0.2) is 6.61 Å². The highest BCUT2D eigenvalue weighted by Crippen LogP contribution is 2.24. The maximum atomic E-state index is 12.0. The zero-order valence-corrected chi connectivity index (χ0v) is 16.5. The van der Waals surface area contributed by atoms with Crippen LogP contribution in [0.2, 0.25) is 0 Å². The van der Waals surface area contributed by atoms with Crippen molar-refractivity contribution in [2.45, 2.75) is 13.3 Å². The van der Waals surface area contributed by atoms with Crippen LogP contribution in [0.5, 0.6) is 0 Å². The Bertz CT molecular complexity index is 1040. The summed E-state index contributed by atoms with van der Waals surface area (Å²) in [4.78, 5) is 39.4. The number of thiazole rings is 1. The Hall–Kier alpha value is -3.52. The molecule has 3 aromatic rings. The number of carbonyl (C=O) groups excluding carboxylic acids is 3. The summed E-state index contributed by atoms with van der Waals surface area (Å²) < 4.78 is 5.02. The van der Waals surface area contributed by atoms with Crippen LogP contribution >= 0.6 is 11.3 Å². The van der Waals surface area contributed by atoms with Crippen molar-refractivity contribution in [1.29, 1.82) is 0 Å². The van der Waals surface area contributed by atoms with Crippen LogP contribution in [-0.4, -0.2) is 29.4 Å². The zero-order valence-electron chi connectivity index (χ0n) is 15.7. The number of rotatable bonds is 7. The number of primary amides is 1. The summed E-state index contributed by atoms with van der Waals surface area (Å²) in [6.45, 7) is 1.60. The monoisotopic (exact) mass is 409 g/mol. The second kappa shape index (κ2) is 9.11. The second-order valence-electron chi connectivity index (χ2n) is 6.34. The molecule has 0 spiro atoms. The van der Waals surface area contributed by atoms with Gasteiger partial charge in [0.1, 0.15) is 5.01 Å². The molecule has 0 radical (unpaired) electrons. The lowest BCUT2D eigenvalue weighted by molar-refractivity contribution is -0.146. The Morgan fingerprint density at radius 3 is 2.59 bits per heavy atom. The number of amides is 2. The van der Waals surface area contributed by atoms with Crippen molar-refractivity contribution >= 4 is 34.8 Å². The topological polar surface area (TPSA) is 111 Å². The van der Waals surface area contributed by atoms with Crippen molar-refractivity contribution in [1.82, 2.24) is 4.98 Å². The van der Waals surface area contributed by atoms with E-state index in [9.17, 15) is 14.4 Å². The van der Waals surface area contributed by atoms with E-state index in [0.717, 1.165) is 16.1 Å². The Kier molecular flexibility index (Phi) is 6.36. The van der Waals surface area contributed by atoms with Gasteiger partial charge in [-0.25, -0.2) is 4.98 Å². The first-order valence-electron chi connectivity index (χ1n) is 8.77. The van der Waals surface area contributed by atoms with Crippen molar-refractivity contribution in [2.75, 3.05) is 11.9 Å². The van der Waals surface area contributed by atoms with Crippen LogP contribution in [-0.2, 0) is 20.7 Å². The maximum Gasteiger partial charge on any atom is 0.312 e. The summed E-state index contributed by atoms with van der Waals surface area (Å²) in [7, 11) is 0. The summed E-state index contributed by atoms with van der Waals surface area (Å²) in [5.74, 6) is -1.57. The van der Waals surface area contributed by atoms with Crippen molar-refractivity contribution in [3.63, 3.8) is 0 Å². The fraction of sp³-hybridized carbons (Fsp3) is 0.143. The van der Waals surface area contributed by atoms with Gasteiger partial charge in [-0.1, -0.05) is 23.8 Å². The van der Waals surface area contributed by atoms with Gasteiger partial charge >= 0.3 is 5.97 Å². The predicted octanol–water partition coefficient (Wildman–Crippen LogP) is 2.94. The molecule has 3 N–H and O–H groups in total. The number of hydrogen-bond acceptors (Lipinski definition) is 6. The van der Waals surface area contributed by atoms with Crippen LogP contribution in [0.4, 0.5) is 5.69 Å². The Balaban J connectivity index is 1.48. The number of aryl methyl sites for hydroxylation is 1. The molecule has 0 atom stereocenters. The van der Waals surface area contributed by atoms with E-state index in [4.69, 9.17) is 10.5 Å². The number of hydrogen-bond donors (Lipinski definition) is 2. The third-order valence-corrected chi connectivity index (χ3v) is 4.90. The largest absolute Gasteiger partial charge is 0.455 e. The molecule has 8 heteroatoms. The number of nitrogens with zero attached hydrogens (tertiary/aromatic N) is 1. The summed E-state index contributed by atoms with van der Waals surface area (Å²) in [6, 6.07) is 14.0. The van der Waals surface area contributed by atoms with E-state index in [2.05, 4.69) is 10.3 Å². The molecule has 0 bridgehead atoms. The number of esters is 1. The average molecular weight is 409 g/mol. The molecule has 0 fully saturated rings. The molecule has 0 aliphatic heterocycles. The minimum atomic E-state index is -0.551. The van der Waals surface area contributed by atoms with E-state index in [1.54, 1.807) is 17.5 Å². The van der Waals surface area contributed by atoms with Gasteiger partial charge in [-0.05, 0) is 37.3 Å². The Morgan fingerprint density at radius 2 is 1.90 bits per heavy atom. The number of nitrogens with one attached hydrogen (secondary N) is 1. The second-order valence-corrected chi connectivity index (χ2v) is 7.20. The summed E-state index contributed by atoms with van der Waals surface area (Å²) >= 11 is 1.45. The Morgan fingerprint density at radius 1 is 1.14 bits per heavy atom. The highest BCUT2D eigenvalue weighted by molar-refractivity contribution is 7.13. The smallest absolute Gasteiger partial charge is 0.312 e. The van der Waals surface area contributed by atoms with Crippen LogP contribution in [0, 0.1) is 6.92 Å². The number of benzene rings is 2. The molecule has 2 aromatic carbocycles. The van der Waals surface area contributed by atoms with Crippen LogP contribution in [0.1, 0.15) is 21.6 Å². The molecule has 1 heterocycles. The standard InChI is InChI=1S/C21H19N3O4S/c1-13-3-2-4-15(9-13)21-24-17(12-29-21)10-19(26)28-11-18(25)23-16-7-5-14(6-8-16)20(22)27/h2-9,12H,10-11H2,1H3,(H2,22,27)(H,23,25). The van der Waals surface area contributed by atoms with Crippen LogP contribution in [0.25, 0.3) is 10.6 Å². The summed E-state index contributed by atoms with van der Waals surface area (Å²) in [6.07, 6.45) is -0.0110. The Labute approximate surface area is 171 Å². The number of nitrogens with two attached hydrogens (primary N) is 1. The molecule has 148 valence electrons. The number of aromatic nitrogens is 1. The number of anilines is 1. The van der Waals surface area contributed by atoms with Gasteiger partial charge in [0.25, 0.3) is 5.91 Å². The molecule has 29 heavy (non-hydrogen) atoms. The van der Waals surface area contributed by atoms with E-state index < -0.39 is 24.4 Å². The SMILES string of the molecule is Cc1cccc(-c2nc(CC(=O)OCC(=O)Nc3ccc(C(N)=O)cc3)cs2)c1. The highest BCUT2D eigenvalue weighted by Gasteiger charge is 2.12. The normalized spacial score (nSPS) is 10.4. The molecule has 0 aliphatic rings. The fourth-order valence-electron chi connectivity index (χ4n) is 2.56. The van der Waals surface area contributed by atoms with Gasteiger partial charge in [-0.15, -0.1) is 11.3 Å². The van der Waals surface area contributed by atoms with E-state index in [0.29, 0.717) is 16.9 Å². The van der Waals surface area contributed by atoms with Crippen molar-refractivity contribution < 1.29 is 19.1 Å². The zero-order chi connectivity index (χ0) is 20.8. The van der Waals surface area contributed by atoms with E-state index in [1.165, 1.54) is 23.5 Å². The van der Waals surface area contributed by atoms with Gasteiger partial charge in [-0.2, -0.15) is 0 Å². The summed E-state index contributed by atoms with van der Waals surface area (Å²) in [5.41, 5.74) is 8.70. The minimum absolute atomic E-state index is 0.0110. The van der Waals surface area contributed by atoms with E-state index in [1.807, 2.05) is 31.2 Å². The average Bonchev–Trinajstić information content (AvgIpc) is 3.15. The molecule has 3 rings (SSSR count). The molecule has 1 aromatic heterocycles. The third kappa shape index (κ3) is 5.73. The molecule has 2 amide bonds. The van der Waals surface area contributed by atoms with Gasteiger partial charge in [0, 0.05) is 22.2 Å². The van der Waals surface area contributed by atoms with Crippen LogP contribution < -0.4 is 11.1 Å². The van der Waals surface area contributed by atoms with Gasteiger partial charge in [-0.3, -0.25) is 14.4 Å². The lowest BCUT2D eigenvalue weighted by atomic mass is 10.1. The van der Waals surface area contributed by atoms with Crippen molar-refractivity contribution in [3.05, 3.63) is 70.7 Å². The lowest BCUT2D eigenvalue weighted by Crippen LogP contribution is -2.21.